The summed E-state index contributed by atoms with van der Waals surface area (Å²) in [6, 6.07) is 13.1. The Morgan fingerprint density at radius 2 is 2.05 bits per heavy atom. The molecule has 0 radical (unpaired) electrons. The maximum Gasteiger partial charge on any atom is 0.140 e. The van der Waals surface area contributed by atoms with Gasteiger partial charge in [-0.3, -0.25) is 0 Å². The fourth-order valence-corrected chi connectivity index (χ4v) is 2.06. The van der Waals surface area contributed by atoms with Crippen molar-refractivity contribution in [2.24, 2.45) is 0 Å². The zero-order valence-corrected chi connectivity index (χ0v) is 12.0. The second kappa shape index (κ2) is 6.05. The van der Waals surface area contributed by atoms with E-state index in [1.165, 1.54) is 6.07 Å². The normalized spacial score (nSPS) is 11.7. The van der Waals surface area contributed by atoms with Crippen molar-refractivity contribution in [1.82, 2.24) is 0 Å². The summed E-state index contributed by atoms with van der Waals surface area (Å²) in [5, 5.41) is 12.8. The SMILES string of the molecule is N#CC(Nc1cccc(Cl)c1)c1ccc(Br)c(F)c1. The monoisotopic (exact) mass is 338 g/mol. The first-order valence-corrected chi connectivity index (χ1v) is 6.64. The van der Waals surface area contributed by atoms with Crippen LogP contribution in [0.4, 0.5) is 10.1 Å². The minimum atomic E-state index is -0.638. The number of anilines is 1. The molecule has 0 aliphatic carbocycles. The summed E-state index contributed by atoms with van der Waals surface area (Å²) in [7, 11) is 0. The smallest absolute Gasteiger partial charge is 0.140 e. The van der Waals surface area contributed by atoms with Crippen LogP contribution < -0.4 is 5.32 Å². The summed E-state index contributed by atoms with van der Waals surface area (Å²) in [5.41, 5.74) is 1.27. The molecule has 0 bridgehead atoms. The summed E-state index contributed by atoms with van der Waals surface area (Å²) >= 11 is 8.96. The zero-order chi connectivity index (χ0) is 13.8. The largest absolute Gasteiger partial charge is 0.366 e. The molecule has 1 unspecified atom stereocenters. The maximum absolute atomic E-state index is 13.5. The molecule has 0 saturated carbocycles. The molecule has 96 valence electrons. The van der Waals surface area contributed by atoms with Gasteiger partial charge in [0.05, 0.1) is 10.5 Å². The van der Waals surface area contributed by atoms with Crippen LogP contribution in [0.2, 0.25) is 5.02 Å². The van der Waals surface area contributed by atoms with Crippen molar-refractivity contribution < 1.29 is 4.39 Å². The highest BCUT2D eigenvalue weighted by Gasteiger charge is 2.12. The number of hydrogen-bond acceptors (Lipinski definition) is 2. The van der Waals surface area contributed by atoms with Crippen LogP contribution in [0.3, 0.4) is 0 Å². The number of rotatable bonds is 3. The third-order valence-electron chi connectivity index (χ3n) is 2.54. The second-order valence-corrected chi connectivity index (χ2v) is 5.18. The van der Waals surface area contributed by atoms with Gasteiger partial charge >= 0.3 is 0 Å². The molecule has 0 heterocycles. The zero-order valence-electron chi connectivity index (χ0n) is 9.70. The van der Waals surface area contributed by atoms with E-state index in [-0.39, 0.29) is 0 Å². The fraction of sp³-hybridized carbons (Fsp3) is 0.0714. The Bertz CT molecular complexity index is 640. The lowest BCUT2D eigenvalue weighted by atomic mass is 10.1. The number of hydrogen-bond donors (Lipinski definition) is 1. The first-order valence-electron chi connectivity index (χ1n) is 5.47. The van der Waals surface area contributed by atoms with E-state index in [4.69, 9.17) is 11.6 Å². The topological polar surface area (TPSA) is 35.8 Å². The molecular weight excluding hydrogens is 331 g/mol. The van der Waals surface area contributed by atoms with Crippen LogP contribution in [0.15, 0.2) is 46.9 Å². The molecule has 2 aromatic rings. The molecule has 1 N–H and O–H groups in total. The predicted octanol–water partition coefficient (Wildman–Crippen LogP) is 4.92. The predicted molar refractivity (Wildman–Crippen MR) is 77.5 cm³/mol. The van der Waals surface area contributed by atoms with Gasteiger partial charge in [0.15, 0.2) is 0 Å². The minimum Gasteiger partial charge on any atom is -0.366 e. The molecule has 2 rings (SSSR count). The summed E-state index contributed by atoms with van der Waals surface area (Å²) in [6.45, 7) is 0. The van der Waals surface area contributed by atoms with Gasteiger partial charge in [0, 0.05) is 10.7 Å². The van der Waals surface area contributed by atoms with Crippen molar-refractivity contribution in [3.8, 4) is 6.07 Å². The highest BCUT2D eigenvalue weighted by Crippen LogP contribution is 2.24. The number of halogens is 3. The molecular formula is C14H9BrClFN2. The van der Waals surface area contributed by atoms with E-state index in [1.54, 1.807) is 36.4 Å². The number of nitrogens with zero attached hydrogens (tertiary/aromatic N) is 1. The van der Waals surface area contributed by atoms with Crippen molar-refractivity contribution in [3.05, 3.63) is 63.3 Å². The van der Waals surface area contributed by atoms with E-state index in [9.17, 15) is 9.65 Å². The molecule has 0 fully saturated rings. The van der Waals surface area contributed by atoms with Crippen LogP contribution >= 0.6 is 27.5 Å². The minimum absolute atomic E-state index is 0.371. The van der Waals surface area contributed by atoms with Gasteiger partial charge in [-0.05, 0) is 51.8 Å². The molecule has 0 aromatic heterocycles. The average molecular weight is 340 g/mol. The second-order valence-electron chi connectivity index (χ2n) is 3.89. The average Bonchev–Trinajstić information content (AvgIpc) is 2.39. The van der Waals surface area contributed by atoms with Crippen molar-refractivity contribution >= 4 is 33.2 Å². The van der Waals surface area contributed by atoms with Gasteiger partial charge in [0.25, 0.3) is 0 Å². The third-order valence-corrected chi connectivity index (χ3v) is 3.42. The quantitative estimate of drug-likeness (QED) is 0.861. The van der Waals surface area contributed by atoms with Crippen LogP contribution in [-0.2, 0) is 0 Å². The van der Waals surface area contributed by atoms with Crippen molar-refractivity contribution in [2.45, 2.75) is 6.04 Å². The lowest BCUT2D eigenvalue weighted by molar-refractivity contribution is 0.618. The molecule has 1 atom stereocenters. The Labute approximate surface area is 123 Å². The Morgan fingerprint density at radius 1 is 1.26 bits per heavy atom. The Kier molecular flexibility index (Phi) is 4.41. The van der Waals surface area contributed by atoms with E-state index < -0.39 is 11.9 Å². The van der Waals surface area contributed by atoms with Gasteiger partial charge in [-0.25, -0.2) is 4.39 Å². The number of benzene rings is 2. The molecule has 0 spiro atoms. The Hall–Kier alpha value is -1.57. The molecule has 5 heteroatoms. The summed E-state index contributed by atoms with van der Waals surface area (Å²) in [6.07, 6.45) is 0. The van der Waals surface area contributed by atoms with Crippen molar-refractivity contribution in [3.63, 3.8) is 0 Å². The number of nitrogens with one attached hydrogen (secondary N) is 1. The lowest BCUT2D eigenvalue weighted by Gasteiger charge is -2.14. The van der Waals surface area contributed by atoms with E-state index in [1.807, 2.05) is 0 Å². The maximum atomic E-state index is 13.5. The molecule has 19 heavy (non-hydrogen) atoms. The lowest BCUT2D eigenvalue weighted by Crippen LogP contribution is -2.08. The first-order chi connectivity index (χ1) is 9.10. The first kappa shape index (κ1) is 13.9. The summed E-state index contributed by atoms with van der Waals surface area (Å²) in [4.78, 5) is 0. The standard InChI is InChI=1S/C14H9BrClFN2/c15-12-5-4-9(6-13(12)17)14(8-18)19-11-3-1-2-10(16)7-11/h1-7,14,19H. The summed E-state index contributed by atoms with van der Waals surface area (Å²) in [5.74, 6) is -0.398. The van der Waals surface area contributed by atoms with Crippen LogP contribution in [-0.4, -0.2) is 0 Å². The third kappa shape index (κ3) is 3.46. The summed E-state index contributed by atoms with van der Waals surface area (Å²) < 4.78 is 13.8. The Balaban J connectivity index is 2.25. The van der Waals surface area contributed by atoms with E-state index in [0.29, 0.717) is 20.7 Å². The molecule has 0 aliphatic heterocycles. The van der Waals surface area contributed by atoms with Gasteiger partial charge in [-0.1, -0.05) is 23.7 Å². The molecule has 2 nitrogen and oxygen atoms in total. The van der Waals surface area contributed by atoms with Crippen LogP contribution in [0.25, 0.3) is 0 Å². The van der Waals surface area contributed by atoms with E-state index in [2.05, 4.69) is 27.3 Å². The fourth-order valence-electron chi connectivity index (χ4n) is 1.63. The van der Waals surface area contributed by atoms with Gasteiger partial charge in [-0.15, -0.1) is 0 Å². The van der Waals surface area contributed by atoms with Crippen LogP contribution in [0.1, 0.15) is 11.6 Å². The van der Waals surface area contributed by atoms with Gasteiger partial charge in [0.2, 0.25) is 0 Å². The number of nitriles is 1. The van der Waals surface area contributed by atoms with Crippen molar-refractivity contribution in [2.75, 3.05) is 5.32 Å². The van der Waals surface area contributed by atoms with Crippen LogP contribution in [0, 0.1) is 17.1 Å². The van der Waals surface area contributed by atoms with E-state index in [0.717, 1.165) is 0 Å². The molecule has 0 saturated heterocycles. The Morgan fingerprint density at radius 3 is 2.68 bits per heavy atom. The van der Waals surface area contributed by atoms with Crippen molar-refractivity contribution in [1.29, 1.82) is 5.26 Å². The van der Waals surface area contributed by atoms with Gasteiger partial charge in [-0.2, -0.15) is 5.26 Å². The highest BCUT2D eigenvalue weighted by molar-refractivity contribution is 9.10. The highest BCUT2D eigenvalue weighted by atomic mass is 79.9. The van der Waals surface area contributed by atoms with Gasteiger partial charge < -0.3 is 5.32 Å². The molecule has 0 amide bonds. The molecule has 0 aliphatic rings. The van der Waals surface area contributed by atoms with Gasteiger partial charge in [0.1, 0.15) is 11.9 Å². The van der Waals surface area contributed by atoms with Crippen LogP contribution in [0.5, 0.6) is 0 Å². The van der Waals surface area contributed by atoms with E-state index >= 15 is 0 Å². The molecule has 2 aromatic carbocycles.